The number of rotatable bonds is 7. The molecule has 0 unspecified atom stereocenters. The van der Waals surface area contributed by atoms with Gasteiger partial charge in [0, 0.05) is 32.4 Å². The number of hydrogen-bond donors (Lipinski definition) is 1. The number of urea groups is 1. The van der Waals surface area contributed by atoms with Crippen molar-refractivity contribution in [3.05, 3.63) is 58.0 Å². The smallest absolute Gasteiger partial charge is 0.372 e. The van der Waals surface area contributed by atoms with Gasteiger partial charge < -0.3 is 10.6 Å². The van der Waals surface area contributed by atoms with E-state index in [2.05, 4.69) is 4.90 Å². The van der Waals surface area contributed by atoms with Crippen molar-refractivity contribution in [2.45, 2.75) is 39.9 Å². The van der Waals surface area contributed by atoms with Crippen molar-refractivity contribution in [1.82, 2.24) is 14.0 Å². The zero-order valence-corrected chi connectivity index (χ0v) is 20.0. The molecule has 0 aliphatic carbocycles. The minimum atomic E-state index is -4.78. The number of aryl methyl sites for hydroxylation is 1. The van der Waals surface area contributed by atoms with Crippen LogP contribution in [0.25, 0.3) is 16.7 Å². The summed E-state index contributed by atoms with van der Waals surface area (Å²) in [6.07, 6.45) is -5.53. The minimum absolute atomic E-state index is 0.00800. The third-order valence-electron chi connectivity index (χ3n) is 6.09. The van der Waals surface area contributed by atoms with E-state index in [4.69, 9.17) is 5.73 Å². The molecule has 188 valence electrons. The number of amides is 3. The van der Waals surface area contributed by atoms with Crippen molar-refractivity contribution in [3.8, 4) is 5.69 Å². The summed E-state index contributed by atoms with van der Waals surface area (Å²) in [5.74, 6) is -0.915. The van der Waals surface area contributed by atoms with E-state index in [1.165, 1.54) is 15.2 Å². The molecule has 0 saturated heterocycles. The van der Waals surface area contributed by atoms with Crippen LogP contribution in [0.5, 0.6) is 0 Å². The highest BCUT2D eigenvalue weighted by molar-refractivity contribution is 5.96. The molecule has 3 aromatic rings. The van der Waals surface area contributed by atoms with Crippen molar-refractivity contribution in [3.63, 3.8) is 0 Å². The molecule has 8 nitrogen and oxygen atoms in total. The average molecular weight is 492 g/mol. The van der Waals surface area contributed by atoms with Crippen LogP contribution in [0.3, 0.4) is 0 Å². The molecule has 3 rings (SSSR count). The predicted molar refractivity (Wildman–Crippen MR) is 128 cm³/mol. The third-order valence-corrected chi connectivity index (χ3v) is 6.09. The highest BCUT2D eigenvalue weighted by Crippen LogP contribution is 2.36. The number of likely N-dealkylation sites (N-methyl/N-ethyl adjacent to an activating group) is 1. The zero-order valence-electron chi connectivity index (χ0n) is 20.0. The van der Waals surface area contributed by atoms with Gasteiger partial charge in [0.05, 0.1) is 28.7 Å². The summed E-state index contributed by atoms with van der Waals surface area (Å²) < 4.78 is 44.3. The Balaban J connectivity index is 2.29. The van der Waals surface area contributed by atoms with Gasteiger partial charge in [0.1, 0.15) is 0 Å². The van der Waals surface area contributed by atoms with Crippen molar-refractivity contribution in [1.29, 1.82) is 0 Å². The third kappa shape index (κ3) is 4.75. The van der Waals surface area contributed by atoms with E-state index < -0.39 is 35.8 Å². The average Bonchev–Trinajstić information content (AvgIpc) is 3.10. The topological polar surface area (TPSA) is 93.6 Å². The summed E-state index contributed by atoms with van der Waals surface area (Å²) in [5.41, 5.74) is 4.81. The van der Waals surface area contributed by atoms with Gasteiger partial charge in [-0.3, -0.25) is 18.8 Å². The molecule has 0 aliphatic rings. The Hall–Kier alpha value is -3.76. The maximum absolute atomic E-state index is 13.9. The summed E-state index contributed by atoms with van der Waals surface area (Å²) in [6, 6.07) is 8.16. The summed E-state index contributed by atoms with van der Waals surface area (Å²) in [5, 5.41) is 0. The largest absolute Gasteiger partial charge is 0.416 e. The van der Waals surface area contributed by atoms with Crippen molar-refractivity contribution in [2.24, 2.45) is 5.73 Å². The number of carbonyl (C=O) groups is 2. The number of nitrogens with two attached hydrogens (primary N) is 1. The van der Waals surface area contributed by atoms with Crippen LogP contribution in [0.15, 0.2) is 41.2 Å². The molecular formula is C24H28F3N5O3. The lowest BCUT2D eigenvalue weighted by molar-refractivity contribution is -0.138. The van der Waals surface area contributed by atoms with Crippen LogP contribution in [-0.2, 0) is 23.9 Å². The van der Waals surface area contributed by atoms with E-state index in [0.717, 1.165) is 31.9 Å². The fourth-order valence-electron chi connectivity index (χ4n) is 4.21. The van der Waals surface area contributed by atoms with Crippen LogP contribution in [0.1, 0.15) is 31.9 Å². The molecule has 1 aromatic heterocycles. The Bertz CT molecular complexity index is 1310. The first-order chi connectivity index (χ1) is 16.5. The lowest BCUT2D eigenvalue weighted by Gasteiger charge is -2.21. The molecule has 0 saturated carbocycles. The Labute approximate surface area is 200 Å². The van der Waals surface area contributed by atoms with Crippen molar-refractivity contribution >= 4 is 28.7 Å². The second-order valence-electron chi connectivity index (χ2n) is 7.98. The number of benzene rings is 2. The fourth-order valence-corrected chi connectivity index (χ4v) is 4.21. The van der Waals surface area contributed by atoms with Crippen LogP contribution in [-0.4, -0.2) is 46.1 Å². The molecule has 11 heteroatoms. The van der Waals surface area contributed by atoms with E-state index in [0.29, 0.717) is 10.6 Å². The summed E-state index contributed by atoms with van der Waals surface area (Å²) in [7, 11) is 1.09. The lowest BCUT2D eigenvalue weighted by Crippen LogP contribution is -2.38. The van der Waals surface area contributed by atoms with E-state index in [9.17, 15) is 27.6 Å². The number of alkyl halides is 3. The molecular weight excluding hydrogens is 463 g/mol. The van der Waals surface area contributed by atoms with E-state index >= 15 is 0 Å². The molecule has 35 heavy (non-hydrogen) atoms. The highest BCUT2D eigenvalue weighted by Gasteiger charge is 2.36. The van der Waals surface area contributed by atoms with Crippen LogP contribution in [0.4, 0.5) is 23.7 Å². The molecule has 0 fully saturated rings. The Kier molecular flexibility index (Phi) is 7.27. The molecule has 2 aromatic carbocycles. The van der Waals surface area contributed by atoms with Gasteiger partial charge in [0.2, 0.25) is 5.91 Å². The summed E-state index contributed by atoms with van der Waals surface area (Å²) >= 11 is 0. The molecule has 0 spiro atoms. The number of imidazole rings is 1. The Morgan fingerprint density at radius 2 is 1.60 bits per heavy atom. The summed E-state index contributed by atoms with van der Waals surface area (Å²) in [6.45, 7) is 7.34. The van der Waals surface area contributed by atoms with Crippen LogP contribution < -0.4 is 16.3 Å². The highest BCUT2D eigenvalue weighted by atomic mass is 19.4. The van der Waals surface area contributed by atoms with Crippen LogP contribution in [0.2, 0.25) is 0 Å². The molecule has 0 aliphatic heterocycles. The van der Waals surface area contributed by atoms with Gasteiger partial charge in [-0.2, -0.15) is 13.2 Å². The van der Waals surface area contributed by atoms with Crippen molar-refractivity contribution < 1.29 is 22.8 Å². The van der Waals surface area contributed by atoms with Gasteiger partial charge in [-0.15, -0.1) is 0 Å². The van der Waals surface area contributed by atoms with E-state index in [-0.39, 0.29) is 23.1 Å². The Morgan fingerprint density at radius 3 is 2.09 bits per heavy atom. The lowest BCUT2D eigenvalue weighted by atomic mass is 10.0. The van der Waals surface area contributed by atoms with Gasteiger partial charge in [-0.25, -0.2) is 9.59 Å². The molecule has 0 radical (unpaired) electrons. The number of primary amides is 1. The maximum Gasteiger partial charge on any atom is 0.416 e. The minimum Gasteiger partial charge on any atom is -0.372 e. The van der Waals surface area contributed by atoms with E-state index in [1.54, 1.807) is 19.1 Å². The number of halogens is 3. The second-order valence-corrected chi connectivity index (χ2v) is 7.98. The van der Waals surface area contributed by atoms with Gasteiger partial charge >= 0.3 is 17.9 Å². The number of nitrogens with zero attached hydrogens (tertiary/aromatic N) is 4. The fraction of sp³-hybridized carbons (Fsp3) is 0.375. The zero-order chi connectivity index (χ0) is 26.1. The SMILES string of the molecule is CCN(CC)c1ccc(-n2c(=O)n(CC)c3c(CC(=O)N(C)C(N)=O)c(C(F)(F)F)ccc32)cc1. The molecule has 0 bridgehead atoms. The number of aromatic nitrogens is 2. The molecule has 1 heterocycles. The number of hydrogen-bond acceptors (Lipinski definition) is 4. The second kappa shape index (κ2) is 9.85. The van der Waals surface area contributed by atoms with Gasteiger partial charge in [-0.05, 0) is 62.7 Å². The normalized spacial score (nSPS) is 11.6. The molecule has 3 amide bonds. The summed E-state index contributed by atoms with van der Waals surface area (Å²) in [4.78, 5) is 40.0. The maximum atomic E-state index is 13.9. The first-order valence-corrected chi connectivity index (χ1v) is 11.2. The standard InChI is InChI=1S/C24H28F3N5O3/c1-5-30(6-2)15-8-10-16(11-9-15)32-19-13-12-18(24(25,26)27)17(14-20(33)29(4)22(28)34)21(19)31(7-3)23(32)35/h8-13H,5-7,14H2,1-4H3,(H2,28,34). The number of anilines is 1. The number of imide groups is 1. The quantitative estimate of drug-likeness (QED) is 0.545. The molecule has 2 N–H and O–H groups in total. The molecule has 0 atom stereocenters. The van der Waals surface area contributed by atoms with Gasteiger partial charge in [0.25, 0.3) is 0 Å². The van der Waals surface area contributed by atoms with Gasteiger partial charge in [-0.1, -0.05) is 0 Å². The number of carbonyl (C=O) groups excluding carboxylic acids is 2. The monoisotopic (exact) mass is 491 g/mol. The van der Waals surface area contributed by atoms with Crippen LogP contribution >= 0.6 is 0 Å². The van der Waals surface area contributed by atoms with E-state index in [1.807, 2.05) is 26.0 Å². The first-order valence-electron chi connectivity index (χ1n) is 11.2. The van der Waals surface area contributed by atoms with Crippen molar-refractivity contribution in [2.75, 3.05) is 25.0 Å². The number of fused-ring (bicyclic) bond motifs is 1. The van der Waals surface area contributed by atoms with Crippen LogP contribution in [0, 0.1) is 0 Å². The Morgan fingerprint density at radius 1 is 1.00 bits per heavy atom. The predicted octanol–water partition coefficient (Wildman–Crippen LogP) is 3.76. The first kappa shape index (κ1) is 25.9. The van der Waals surface area contributed by atoms with Gasteiger partial charge in [0.15, 0.2) is 0 Å².